The fraction of sp³-hybridized carbons (Fsp3) is 0.364. The van der Waals surface area contributed by atoms with Crippen molar-refractivity contribution in [1.29, 1.82) is 0 Å². The molecule has 2 amide bonds. The van der Waals surface area contributed by atoms with E-state index in [9.17, 15) is 9.59 Å². The number of benzene rings is 2. The minimum atomic E-state index is -0.543. The molecule has 1 aliphatic carbocycles. The fourth-order valence-electron chi connectivity index (χ4n) is 3.73. The van der Waals surface area contributed by atoms with E-state index >= 15 is 0 Å². The molecule has 8 heteroatoms. The molecule has 1 fully saturated rings. The van der Waals surface area contributed by atoms with Gasteiger partial charge in [-0.2, -0.15) is 0 Å². The lowest BCUT2D eigenvalue weighted by atomic mass is 10.2. The van der Waals surface area contributed by atoms with Gasteiger partial charge in [0.1, 0.15) is 0 Å². The second kappa shape index (κ2) is 8.14. The highest BCUT2D eigenvalue weighted by molar-refractivity contribution is 5.99. The lowest BCUT2D eigenvalue weighted by Gasteiger charge is -2.21. The Morgan fingerprint density at radius 1 is 0.967 bits per heavy atom. The van der Waals surface area contributed by atoms with Gasteiger partial charge in [0.2, 0.25) is 5.91 Å². The van der Waals surface area contributed by atoms with Crippen molar-refractivity contribution in [2.45, 2.75) is 31.5 Å². The summed E-state index contributed by atoms with van der Waals surface area (Å²) in [6.45, 7) is -0.175. The van der Waals surface area contributed by atoms with Gasteiger partial charge in [-0.25, -0.2) is 0 Å². The summed E-state index contributed by atoms with van der Waals surface area (Å²) in [4.78, 5) is 24.6. The minimum Gasteiger partial charge on any atom is -0.493 e. The normalized spacial score (nSPS) is 15.7. The fourth-order valence-corrected chi connectivity index (χ4v) is 3.73. The molecule has 2 aliphatic rings. The van der Waals surface area contributed by atoms with Crippen molar-refractivity contribution >= 4 is 17.5 Å². The Hall–Kier alpha value is -3.42. The van der Waals surface area contributed by atoms with Crippen molar-refractivity contribution in [2.75, 3.05) is 26.1 Å². The first kappa shape index (κ1) is 19.9. The standard InChI is InChI=1S/C22H24N2O6/c1-27-16-7-5-14(11-18(16)28-2)21(26)23-13-20(25)24-15-6-8-17-19(12-15)30-22(29-17)9-3-4-10-22/h5-8,11-12H,3-4,9-10,13H2,1-2H3,(H,23,26)(H,24,25). The molecule has 2 aromatic carbocycles. The van der Waals surface area contributed by atoms with Crippen LogP contribution in [-0.2, 0) is 4.79 Å². The molecule has 158 valence electrons. The zero-order chi connectivity index (χ0) is 21.1. The van der Waals surface area contributed by atoms with Gasteiger partial charge in [-0.3, -0.25) is 9.59 Å². The maximum atomic E-state index is 12.3. The molecule has 0 saturated heterocycles. The van der Waals surface area contributed by atoms with Crippen LogP contribution in [0.2, 0.25) is 0 Å². The summed E-state index contributed by atoms with van der Waals surface area (Å²) < 4.78 is 22.3. The highest BCUT2D eigenvalue weighted by Crippen LogP contribution is 2.47. The van der Waals surface area contributed by atoms with Crippen LogP contribution in [0.4, 0.5) is 5.69 Å². The third-order valence-electron chi connectivity index (χ3n) is 5.24. The highest BCUT2D eigenvalue weighted by Gasteiger charge is 2.44. The van der Waals surface area contributed by atoms with Gasteiger partial charge in [-0.05, 0) is 43.2 Å². The summed E-state index contributed by atoms with van der Waals surface area (Å²) in [5, 5.41) is 5.36. The van der Waals surface area contributed by atoms with E-state index in [2.05, 4.69) is 10.6 Å². The average molecular weight is 412 g/mol. The number of hydrogen-bond donors (Lipinski definition) is 2. The third kappa shape index (κ3) is 3.98. The Balaban J connectivity index is 1.33. The predicted molar refractivity (Wildman–Crippen MR) is 109 cm³/mol. The number of rotatable bonds is 6. The van der Waals surface area contributed by atoms with E-state index < -0.39 is 5.79 Å². The van der Waals surface area contributed by atoms with E-state index in [4.69, 9.17) is 18.9 Å². The second-order valence-electron chi connectivity index (χ2n) is 7.28. The van der Waals surface area contributed by atoms with E-state index in [-0.39, 0.29) is 18.4 Å². The van der Waals surface area contributed by atoms with E-state index in [0.717, 1.165) is 25.7 Å². The number of ether oxygens (including phenoxy) is 4. The molecule has 1 saturated carbocycles. The van der Waals surface area contributed by atoms with Crippen molar-refractivity contribution in [1.82, 2.24) is 5.32 Å². The quantitative estimate of drug-likeness (QED) is 0.757. The van der Waals surface area contributed by atoms with Crippen molar-refractivity contribution < 1.29 is 28.5 Å². The first-order valence-corrected chi connectivity index (χ1v) is 9.84. The molecule has 2 aromatic rings. The number of methoxy groups -OCH3 is 2. The van der Waals surface area contributed by atoms with Crippen molar-refractivity contribution in [3.8, 4) is 23.0 Å². The van der Waals surface area contributed by atoms with Crippen LogP contribution in [-0.4, -0.2) is 38.4 Å². The molecule has 0 radical (unpaired) electrons. The monoisotopic (exact) mass is 412 g/mol. The molecule has 0 aromatic heterocycles. The topological polar surface area (TPSA) is 95.1 Å². The molecule has 0 atom stereocenters. The van der Waals surface area contributed by atoms with Gasteiger partial charge in [-0.15, -0.1) is 0 Å². The Bertz CT molecular complexity index is 968. The zero-order valence-corrected chi connectivity index (χ0v) is 16.9. The van der Waals surface area contributed by atoms with E-state index in [1.807, 2.05) is 0 Å². The Morgan fingerprint density at radius 3 is 2.43 bits per heavy atom. The number of fused-ring (bicyclic) bond motifs is 1. The van der Waals surface area contributed by atoms with Gasteiger partial charge in [0.15, 0.2) is 23.0 Å². The van der Waals surface area contributed by atoms with Gasteiger partial charge < -0.3 is 29.6 Å². The maximum absolute atomic E-state index is 12.3. The number of nitrogens with one attached hydrogen (secondary N) is 2. The Labute approximate surface area is 174 Å². The van der Waals surface area contributed by atoms with E-state index in [1.54, 1.807) is 36.4 Å². The van der Waals surface area contributed by atoms with Gasteiger partial charge >= 0.3 is 0 Å². The van der Waals surface area contributed by atoms with Gasteiger partial charge in [0, 0.05) is 30.2 Å². The molecular formula is C22H24N2O6. The lowest BCUT2D eigenvalue weighted by Crippen LogP contribution is -2.34. The van der Waals surface area contributed by atoms with Crippen LogP contribution < -0.4 is 29.6 Å². The lowest BCUT2D eigenvalue weighted by molar-refractivity contribution is -0.115. The molecule has 30 heavy (non-hydrogen) atoms. The van der Waals surface area contributed by atoms with Crippen LogP contribution in [0, 0.1) is 0 Å². The van der Waals surface area contributed by atoms with Gasteiger partial charge in [0.05, 0.1) is 20.8 Å². The minimum absolute atomic E-state index is 0.175. The molecule has 1 aliphatic heterocycles. The first-order chi connectivity index (χ1) is 14.5. The van der Waals surface area contributed by atoms with Gasteiger partial charge in [0.25, 0.3) is 11.7 Å². The summed E-state index contributed by atoms with van der Waals surface area (Å²) in [6, 6.07) is 10.1. The van der Waals surface area contributed by atoms with Crippen LogP contribution in [0.15, 0.2) is 36.4 Å². The summed E-state index contributed by atoms with van der Waals surface area (Å²) in [6.07, 6.45) is 3.89. The molecule has 8 nitrogen and oxygen atoms in total. The van der Waals surface area contributed by atoms with Crippen molar-refractivity contribution in [3.63, 3.8) is 0 Å². The van der Waals surface area contributed by atoms with Gasteiger partial charge in [-0.1, -0.05) is 0 Å². The highest BCUT2D eigenvalue weighted by atomic mass is 16.7. The molecule has 0 unspecified atom stereocenters. The molecule has 2 N–H and O–H groups in total. The molecule has 0 bridgehead atoms. The zero-order valence-electron chi connectivity index (χ0n) is 16.9. The van der Waals surface area contributed by atoms with Crippen LogP contribution in [0.1, 0.15) is 36.0 Å². The maximum Gasteiger partial charge on any atom is 0.251 e. The Kier molecular flexibility index (Phi) is 5.39. The van der Waals surface area contributed by atoms with E-state index in [1.165, 1.54) is 14.2 Å². The summed E-state index contributed by atoms with van der Waals surface area (Å²) in [7, 11) is 3.01. The van der Waals surface area contributed by atoms with Crippen LogP contribution in [0.25, 0.3) is 0 Å². The van der Waals surface area contributed by atoms with Crippen LogP contribution in [0.3, 0.4) is 0 Å². The number of carbonyl (C=O) groups excluding carboxylic acids is 2. The molecule has 1 heterocycles. The molecule has 1 spiro atoms. The first-order valence-electron chi connectivity index (χ1n) is 9.84. The van der Waals surface area contributed by atoms with E-state index in [0.29, 0.717) is 34.2 Å². The number of hydrogen-bond acceptors (Lipinski definition) is 6. The second-order valence-corrected chi connectivity index (χ2v) is 7.28. The summed E-state index contributed by atoms with van der Waals surface area (Å²) in [5.41, 5.74) is 0.947. The van der Waals surface area contributed by atoms with Crippen molar-refractivity contribution in [2.24, 2.45) is 0 Å². The Morgan fingerprint density at radius 2 is 1.70 bits per heavy atom. The smallest absolute Gasteiger partial charge is 0.251 e. The third-order valence-corrected chi connectivity index (χ3v) is 5.24. The number of carbonyl (C=O) groups is 2. The average Bonchev–Trinajstić information content (AvgIpc) is 3.36. The molecular weight excluding hydrogens is 388 g/mol. The summed E-state index contributed by atoms with van der Waals surface area (Å²) >= 11 is 0. The number of anilines is 1. The van der Waals surface area contributed by atoms with Crippen molar-refractivity contribution in [3.05, 3.63) is 42.0 Å². The van der Waals surface area contributed by atoms with Crippen LogP contribution in [0.5, 0.6) is 23.0 Å². The summed E-state index contributed by atoms with van der Waals surface area (Å²) in [5.74, 6) is 1.00. The SMILES string of the molecule is COc1ccc(C(=O)NCC(=O)Nc2ccc3c(c2)OC2(CCCC2)O3)cc1OC. The largest absolute Gasteiger partial charge is 0.493 e. The predicted octanol–water partition coefficient (Wildman–Crippen LogP) is 3.11. The molecule has 4 rings (SSSR count). The van der Waals surface area contributed by atoms with Crippen LogP contribution >= 0.6 is 0 Å². The number of amides is 2.